The van der Waals surface area contributed by atoms with Gasteiger partial charge in [0, 0.05) is 23.9 Å². The van der Waals surface area contributed by atoms with E-state index in [-0.39, 0.29) is 5.78 Å². The molecule has 4 nitrogen and oxygen atoms in total. The van der Waals surface area contributed by atoms with E-state index in [0.717, 1.165) is 17.3 Å². The van der Waals surface area contributed by atoms with Gasteiger partial charge in [0.2, 0.25) is 5.78 Å². The number of para-hydroxylation sites is 1. The first-order valence-electron chi connectivity index (χ1n) is 5.68. The number of amides is 1. The number of carbonyl (C=O) groups is 2. The SMILES string of the molecule is O=C1CCCN(c2cc3ccccc3[nH]2)C1=O. The quantitative estimate of drug-likeness (QED) is 0.757. The highest BCUT2D eigenvalue weighted by atomic mass is 16.2. The maximum absolute atomic E-state index is 11.8. The van der Waals surface area contributed by atoms with Crippen LogP contribution in [0.25, 0.3) is 10.9 Å². The summed E-state index contributed by atoms with van der Waals surface area (Å²) in [6.45, 7) is 0.609. The third-order valence-corrected chi connectivity index (χ3v) is 3.08. The van der Waals surface area contributed by atoms with Crippen molar-refractivity contribution in [1.82, 2.24) is 4.98 Å². The number of fused-ring (bicyclic) bond motifs is 1. The lowest BCUT2D eigenvalue weighted by atomic mass is 10.1. The molecule has 4 heteroatoms. The Balaban J connectivity index is 2.03. The van der Waals surface area contributed by atoms with Crippen molar-refractivity contribution in [2.75, 3.05) is 11.4 Å². The zero-order valence-electron chi connectivity index (χ0n) is 9.27. The van der Waals surface area contributed by atoms with E-state index in [1.165, 1.54) is 4.90 Å². The Labute approximate surface area is 98.2 Å². The molecular weight excluding hydrogens is 216 g/mol. The van der Waals surface area contributed by atoms with E-state index in [1.807, 2.05) is 30.3 Å². The summed E-state index contributed by atoms with van der Waals surface area (Å²) >= 11 is 0. The highest BCUT2D eigenvalue weighted by Gasteiger charge is 2.28. The molecule has 0 spiro atoms. The van der Waals surface area contributed by atoms with E-state index in [4.69, 9.17) is 0 Å². The fourth-order valence-corrected chi connectivity index (χ4v) is 2.19. The van der Waals surface area contributed by atoms with Crippen LogP contribution in [0.15, 0.2) is 30.3 Å². The van der Waals surface area contributed by atoms with Gasteiger partial charge in [-0.15, -0.1) is 0 Å². The molecule has 2 heterocycles. The molecule has 3 rings (SSSR count). The van der Waals surface area contributed by atoms with E-state index >= 15 is 0 Å². The maximum atomic E-state index is 11.8. The first-order chi connectivity index (χ1) is 8.25. The molecule has 1 aliphatic heterocycles. The number of anilines is 1. The molecule has 0 bridgehead atoms. The van der Waals surface area contributed by atoms with Gasteiger partial charge in [0.25, 0.3) is 5.91 Å². The Hall–Kier alpha value is -2.10. The number of aromatic amines is 1. The number of rotatable bonds is 1. The van der Waals surface area contributed by atoms with Crippen molar-refractivity contribution in [3.8, 4) is 0 Å². The molecule has 0 unspecified atom stereocenters. The Bertz CT molecular complexity index is 567. The Kier molecular flexibility index (Phi) is 2.21. The van der Waals surface area contributed by atoms with Crippen molar-refractivity contribution < 1.29 is 9.59 Å². The summed E-state index contributed by atoms with van der Waals surface area (Å²) in [6.07, 6.45) is 1.11. The molecule has 2 aromatic rings. The van der Waals surface area contributed by atoms with E-state index in [2.05, 4.69) is 4.98 Å². The minimum atomic E-state index is -0.400. The Morgan fingerprint density at radius 2 is 2.00 bits per heavy atom. The summed E-state index contributed by atoms with van der Waals surface area (Å²) < 4.78 is 0. The number of nitrogens with one attached hydrogen (secondary N) is 1. The summed E-state index contributed by atoms with van der Waals surface area (Å²) in [5, 5.41) is 1.05. The van der Waals surface area contributed by atoms with Crippen LogP contribution in [0.2, 0.25) is 0 Å². The lowest BCUT2D eigenvalue weighted by molar-refractivity contribution is -0.137. The standard InChI is InChI=1S/C13H12N2O2/c16-11-6-3-7-15(13(11)17)12-8-9-4-1-2-5-10(9)14-12/h1-2,4-5,8,14H,3,6-7H2. The summed E-state index contributed by atoms with van der Waals surface area (Å²) in [4.78, 5) is 27.8. The van der Waals surface area contributed by atoms with Crippen molar-refractivity contribution in [3.05, 3.63) is 30.3 Å². The van der Waals surface area contributed by atoms with E-state index in [1.54, 1.807) is 0 Å². The van der Waals surface area contributed by atoms with Gasteiger partial charge in [-0.25, -0.2) is 0 Å². The number of piperidine rings is 1. The van der Waals surface area contributed by atoms with Gasteiger partial charge in [-0.05, 0) is 18.6 Å². The van der Waals surface area contributed by atoms with Crippen molar-refractivity contribution in [1.29, 1.82) is 0 Å². The maximum Gasteiger partial charge on any atom is 0.295 e. The van der Waals surface area contributed by atoms with Gasteiger partial charge in [-0.2, -0.15) is 0 Å². The van der Waals surface area contributed by atoms with Crippen molar-refractivity contribution in [3.63, 3.8) is 0 Å². The first kappa shape index (κ1) is 10.1. The molecule has 0 radical (unpaired) electrons. The van der Waals surface area contributed by atoms with Gasteiger partial charge in [-0.1, -0.05) is 18.2 Å². The fraction of sp³-hybridized carbons (Fsp3) is 0.231. The van der Waals surface area contributed by atoms with Gasteiger partial charge in [0.05, 0.1) is 0 Å². The largest absolute Gasteiger partial charge is 0.341 e. The van der Waals surface area contributed by atoms with Gasteiger partial charge in [0.1, 0.15) is 5.82 Å². The van der Waals surface area contributed by atoms with Crippen LogP contribution in [0.5, 0.6) is 0 Å². The zero-order chi connectivity index (χ0) is 11.8. The Morgan fingerprint density at radius 1 is 1.18 bits per heavy atom. The van der Waals surface area contributed by atoms with Gasteiger partial charge in [0.15, 0.2) is 0 Å². The van der Waals surface area contributed by atoms with Crippen molar-refractivity contribution >= 4 is 28.4 Å². The van der Waals surface area contributed by atoms with Crippen LogP contribution >= 0.6 is 0 Å². The highest BCUT2D eigenvalue weighted by Crippen LogP contribution is 2.23. The lowest BCUT2D eigenvalue weighted by Crippen LogP contribution is -2.41. The molecule has 1 amide bonds. The topological polar surface area (TPSA) is 53.2 Å². The predicted molar refractivity (Wildman–Crippen MR) is 64.9 cm³/mol. The fourth-order valence-electron chi connectivity index (χ4n) is 2.19. The lowest BCUT2D eigenvalue weighted by Gasteiger charge is -2.24. The molecule has 1 saturated heterocycles. The number of carbonyl (C=O) groups excluding carboxylic acids is 2. The predicted octanol–water partition coefficient (Wildman–Crippen LogP) is 1.86. The second-order valence-electron chi connectivity index (χ2n) is 4.23. The van der Waals surface area contributed by atoms with Crippen LogP contribution in [0.1, 0.15) is 12.8 Å². The number of hydrogen-bond donors (Lipinski definition) is 1. The van der Waals surface area contributed by atoms with E-state index < -0.39 is 5.91 Å². The number of Topliss-reactive ketones (excluding diaryl/α,β-unsaturated/α-hetero) is 1. The van der Waals surface area contributed by atoms with Gasteiger partial charge in [-0.3, -0.25) is 14.5 Å². The molecule has 1 N–H and O–H groups in total. The van der Waals surface area contributed by atoms with Crippen LogP contribution in [0, 0.1) is 0 Å². The second-order valence-corrected chi connectivity index (χ2v) is 4.23. The van der Waals surface area contributed by atoms with Crippen LogP contribution in [-0.4, -0.2) is 23.2 Å². The van der Waals surface area contributed by atoms with Crippen LogP contribution < -0.4 is 4.90 Å². The zero-order valence-corrected chi connectivity index (χ0v) is 9.27. The summed E-state index contributed by atoms with van der Waals surface area (Å²) in [7, 11) is 0. The summed E-state index contributed by atoms with van der Waals surface area (Å²) in [5.74, 6) is 0.0157. The molecule has 0 saturated carbocycles. The molecule has 0 aliphatic carbocycles. The van der Waals surface area contributed by atoms with Gasteiger partial charge >= 0.3 is 0 Å². The summed E-state index contributed by atoms with van der Waals surface area (Å²) in [6, 6.07) is 9.72. The third-order valence-electron chi connectivity index (χ3n) is 3.08. The number of hydrogen-bond acceptors (Lipinski definition) is 2. The van der Waals surface area contributed by atoms with Crippen LogP contribution in [-0.2, 0) is 9.59 Å². The third kappa shape index (κ3) is 1.62. The molecule has 1 fully saturated rings. The summed E-state index contributed by atoms with van der Waals surface area (Å²) in [5.41, 5.74) is 0.980. The molecule has 1 aromatic heterocycles. The molecule has 17 heavy (non-hydrogen) atoms. The average Bonchev–Trinajstić information content (AvgIpc) is 2.76. The molecule has 0 atom stereocenters. The Morgan fingerprint density at radius 3 is 2.82 bits per heavy atom. The van der Waals surface area contributed by atoms with Crippen molar-refractivity contribution in [2.24, 2.45) is 0 Å². The molecule has 1 aliphatic rings. The number of aromatic nitrogens is 1. The minimum Gasteiger partial charge on any atom is -0.341 e. The monoisotopic (exact) mass is 228 g/mol. The minimum absolute atomic E-state index is 0.296. The molecule has 86 valence electrons. The van der Waals surface area contributed by atoms with Gasteiger partial charge < -0.3 is 4.98 Å². The van der Waals surface area contributed by atoms with Crippen LogP contribution in [0.4, 0.5) is 5.82 Å². The molecular formula is C13H12N2O2. The van der Waals surface area contributed by atoms with E-state index in [9.17, 15) is 9.59 Å². The van der Waals surface area contributed by atoms with E-state index in [0.29, 0.717) is 18.8 Å². The van der Waals surface area contributed by atoms with Crippen LogP contribution in [0.3, 0.4) is 0 Å². The number of benzene rings is 1. The average molecular weight is 228 g/mol. The highest BCUT2D eigenvalue weighted by molar-refractivity contribution is 6.41. The smallest absolute Gasteiger partial charge is 0.295 e. The first-order valence-corrected chi connectivity index (χ1v) is 5.68. The number of nitrogens with zero attached hydrogens (tertiary/aromatic N) is 1. The second kappa shape index (κ2) is 3.73. The number of H-pyrrole nitrogens is 1. The normalized spacial score (nSPS) is 16.8. The van der Waals surface area contributed by atoms with Crippen molar-refractivity contribution in [2.45, 2.75) is 12.8 Å². The number of ketones is 1. The molecule has 1 aromatic carbocycles.